The van der Waals surface area contributed by atoms with Crippen LogP contribution in [0.5, 0.6) is 11.5 Å². The van der Waals surface area contributed by atoms with Gasteiger partial charge in [-0.15, -0.1) is 0 Å². The number of nitrogens with zero attached hydrogens (tertiary/aromatic N) is 2. The van der Waals surface area contributed by atoms with Crippen molar-refractivity contribution in [2.75, 3.05) is 11.9 Å². The quantitative estimate of drug-likeness (QED) is 0.479. The second kappa shape index (κ2) is 8.48. The number of nitrogens with one attached hydrogen (secondary N) is 1. The summed E-state index contributed by atoms with van der Waals surface area (Å²) in [5.41, 5.74) is 1.79. The molecule has 0 aliphatic carbocycles. The average molecular weight is 401 g/mol. The summed E-state index contributed by atoms with van der Waals surface area (Å²) in [6.07, 6.45) is 3.11. The first-order chi connectivity index (χ1) is 14.7. The molecule has 0 saturated carbocycles. The number of carbonyl (C=O) groups is 2. The normalized spacial score (nSPS) is 10.6. The van der Waals surface area contributed by atoms with E-state index in [1.54, 1.807) is 54.0 Å². The van der Waals surface area contributed by atoms with E-state index in [2.05, 4.69) is 10.4 Å². The summed E-state index contributed by atoms with van der Waals surface area (Å²) in [6.45, 7) is 2.01. The summed E-state index contributed by atoms with van der Waals surface area (Å²) in [7, 11) is 0. The highest BCUT2D eigenvalue weighted by Crippen LogP contribution is 2.26. The SMILES string of the molecule is CCOC(=O)c1cnn2ccc(NC(=O)c3ccccc3Oc3ccccc3)cc12. The second-order valence-electron chi connectivity index (χ2n) is 6.39. The van der Waals surface area contributed by atoms with Gasteiger partial charge in [-0.2, -0.15) is 5.10 Å². The molecule has 2 heterocycles. The minimum atomic E-state index is -0.461. The zero-order valence-electron chi connectivity index (χ0n) is 16.2. The highest BCUT2D eigenvalue weighted by molar-refractivity contribution is 6.07. The zero-order valence-corrected chi connectivity index (χ0v) is 16.2. The van der Waals surface area contributed by atoms with Crippen molar-refractivity contribution in [1.82, 2.24) is 9.61 Å². The Morgan fingerprint density at radius 2 is 1.77 bits per heavy atom. The van der Waals surface area contributed by atoms with Gasteiger partial charge >= 0.3 is 5.97 Å². The molecule has 2 aromatic carbocycles. The van der Waals surface area contributed by atoms with Crippen molar-refractivity contribution in [2.45, 2.75) is 6.92 Å². The molecule has 0 spiro atoms. The molecule has 0 radical (unpaired) electrons. The third-order valence-corrected chi connectivity index (χ3v) is 4.38. The van der Waals surface area contributed by atoms with E-state index in [9.17, 15) is 9.59 Å². The van der Waals surface area contributed by atoms with Gasteiger partial charge in [0.1, 0.15) is 17.1 Å². The van der Waals surface area contributed by atoms with Crippen molar-refractivity contribution in [3.63, 3.8) is 0 Å². The third kappa shape index (κ3) is 4.00. The molecule has 0 aliphatic rings. The highest BCUT2D eigenvalue weighted by Gasteiger charge is 2.16. The Labute approximate surface area is 172 Å². The molecular formula is C23H19N3O4. The van der Waals surface area contributed by atoms with E-state index < -0.39 is 5.97 Å². The van der Waals surface area contributed by atoms with Crippen LogP contribution in [-0.2, 0) is 4.74 Å². The number of rotatable bonds is 6. The van der Waals surface area contributed by atoms with E-state index in [0.29, 0.717) is 33.8 Å². The number of pyridine rings is 1. The number of fused-ring (bicyclic) bond motifs is 1. The number of hydrogen-bond acceptors (Lipinski definition) is 5. The van der Waals surface area contributed by atoms with E-state index in [0.717, 1.165) is 0 Å². The van der Waals surface area contributed by atoms with Crippen molar-refractivity contribution >= 4 is 23.1 Å². The van der Waals surface area contributed by atoms with Crippen LogP contribution in [0.15, 0.2) is 79.1 Å². The number of ether oxygens (including phenoxy) is 2. The first-order valence-corrected chi connectivity index (χ1v) is 9.43. The van der Waals surface area contributed by atoms with Gasteiger partial charge < -0.3 is 14.8 Å². The fourth-order valence-electron chi connectivity index (χ4n) is 2.98. The first-order valence-electron chi connectivity index (χ1n) is 9.43. The lowest BCUT2D eigenvalue weighted by molar-refractivity contribution is 0.0528. The maximum atomic E-state index is 12.9. The van der Waals surface area contributed by atoms with Crippen molar-refractivity contribution < 1.29 is 19.1 Å². The Kier molecular flexibility index (Phi) is 5.43. The van der Waals surface area contributed by atoms with Crippen LogP contribution in [0.3, 0.4) is 0 Å². The predicted octanol–water partition coefficient (Wildman–Crippen LogP) is 4.56. The standard InChI is InChI=1S/C23H19N3O4/c1-2-29-23(28)19-15-24-26-13-12-16(14-20(19)26)25-22(27)18-10-6-7-11-21(18)30-17-8-4-3-5-9-17/h3-15H,2H2,1H3,(H,25,27). The minimum Gasteiger partial charge on any atom is -0.462 e. The molecule has 7 heteroatoms. The molecule has 150 valence electrons. The maximum absolute atomic E-state index is 12.9. The molecule has 0 saturated heterocycles. The number of benzene rings is 2. The van der Waals surface area contributed by atoms with Crippen molar-refractivity contribution in [3.8, 4) is 11.5 Å². The van der Waals surface area contributed by atoms with Gasteiger partial charge in [0, 0.05) is 11.9 Å². The van der Waals surface area contributed by atoms with Gasteiger partial charge in [-0.3, -0.25) is 4.79 Å². The fourth-order valence-corrected chi connectivity index (χ4v) is 2.98. The van der Waals surface area contributed by atoms with Crippen LogP contribution in [0.2, 0.25) is 0 Å². The van der Waals surface area contributed by atoms with Crippen LogP contribution >= 0.6 is 0 Å². The lowest BCUT2D eigenvalue weighted by Crippen LogP contribution is -2.13. The molecular weight excluding hydrogens is 382 g/mol. The molecule has 1 N–H and O–H groups in total. The molecule has 7 nitrogen and oxygen atoms in total. The Morgan fingerprint density at radius 3 is 2.57 bits per heavy atom. The van der Waals surface area contributed by atoms with Gasteiger partial charge in [0.15, 0.2) is 0 Å². The first kappa shape index (κ1) is 19.2. The van der Waals surface area contributed by atoms with E-state index in [1.807, 2.05) is 30.3 Å². The van der Waals surface area contributed by atoms with Crippen LogP contribution in [0.1, 0.15) is 27.6 Å². The number of amides is 1. The third-order valence-electron chi connectivity index (χ3n) is 4.38. The van der Waals surface area contributed by atoms with Crippen LogP contribution < -0.4 is 10.1 Å². The maximum Gasteiger partial charge on any atom is 0.341 e. The van der Waals surface area contributed by atoms with E-state index in [-0.39, 0.29) is 12.5 Å². The summed E-state index contributed by atoms with van der Waals surface area (Å²) >= 11 is 0. The lowest BCUT2D eigenvalue weighted by atomic mass is 10.1. The summed E-state index contributed by atoms with van der Waals surface area (Å²) in [5.74, 6) is 0.289. The molecule has 0 fully saturated rings. The van der Waals surface area contributed by atoms with Gasteiger partial charge in [0.2, 0.25) is 0 Å². The Bertz CT molecular complexity index is 1200. The van der Waals surface area contributed by atoms with Gasteiger partial charge in [0.25, 0.3) is 5.91 Å². The molecule has 30 heavy (non-hydrogen) atoms. The van der Waals surface area contributed by atoms with Crippen molar-refractivity contribution in [1.29, 1.82) is 0 Å². The van der Waals surface area contributed by atoms with Crippen molar-refractivity contribution in [3.05, 3.63) is 90.3 Å². The molecule has 4 aromatic rings. The number of hydrogen-bond donors (Lipinski definition) is 1. The Hall–Kier alpha value is -4.13. The molecule has 0 unspecified atom stereocenters. The molecule has 4 rings (SSSR count). The van der Waals surface area contributed by atoms with Crippen LogP contribution in [-0.4, -0.2) is 28.1 Å². The minimum absolute atomic E-state index is 0.269. The van der Waals surface area contributed by atoms with Gasteiger partial charge in [-0.05, 0) is 43.3 Å². The number of anilines is 1. The van der Waals surface area contributed by atoms with Gasteiger partial charge in [-0.1, -0.05) is 30.3 Å². The fraction of sp³-hybridized carbons (Fsp3) is 0.0870. The number of para-hydroxylation sites is 2. The number of esters is 1. The van der Waals surface area contributed by atoms with Gasteiger partial charge in [0.05, 0.1) is 23.9 Å². The second-order valence-corrected chi connectivity index (χ2v) is 6.39. The monoisotopic (exact) mass is 401 g/mol. The lowest BCUT2D eigenvalue weighted by Gasteiger charge is -2.11. The molecule has 2 aromatic heterocycles. The number of aromatic nitrogens is 2. The summed E-state index contributed by atoms with van der Waals surface area (Å²) in [6, 6.07) is 19.6. The summed E-state index contributed by atoms with van der Waals surface area (Å²) < 4.78 is 12.5. The predicted molar refractivity (Wildman–Crippen MR) is 112 cm³/mol. The average Bonchev–Trinajstić information content (AvgIpc) is 3.18. The molecule has 0 atom stereocenters. The van der Waals surface area contributed by atoms with E-state index >= 15 is 0 Å². The zero-order chi connectivity index (χ0) is 20.9. The molecule has 0 bridgehead atoms. The largest absolute Gasteiger partial charge is 0.462 e. The smallest absolute Gasteiger partial charge is 0.341 e. The summed E-state index contributed by atoms with van der Waals surface area (Å²) in [5, 5.41) is 7.00. The van der Waals surface area contributed by atoms with Crippen LogP contribution in [0, 0.1) is 0 Å². The van der Waals surface area contributed by atoms with Crippen LogP contribution in [0.25, 0.3) is 5.52 Å². The highest BCUT2D eigenvalue weighted by atomic mass is 16.5. The van der Waals surface area contributed by atoms with E-state index in [4.69, 9.17) is 9.47 Å². The Balaban J connectivity index is 1.59. The topological polar surface area (TPSA) is 81.9 Å². The van der Waals surface area contributed by atoms with Crippen molar-refractivity contribution in [2.24, 2.45) is 0 Å². The van der Waals surface area contributed by atoms with Gasteiger partial charge in [-0.25, -0.2) is 9.31 Å². The summed E-state index contributed by atoms with van der Waals surface area (Å²) in [4.78, 5) is 25.0. The molecule has 1 amide bonds. The van der Waals surface area contributed by atoms with Crippen LogP contribution in [0.4, 0.5) is 5.69 Å². The molecule has 0 aliphatic heterocycles. The number of carbonyl (C=O) groups excluding carboxylic acids is 2. The Morgan fingerprint density at radius 1 is 1.00 bits per heavy atom. The van der Waals surface area contributed by atoms with E-state index in [1.165, 1.54) is 6.20 Å².